The zero-order valence-corrected chi connectivity index (χ0v) is 11.8. The van der Waals surface area contributed by atoms with Crippen molar-refractivity contribution in [2.24, 2.45) is 5.92 Å². The van der Waals surface area contributed by atoms with Gasteiger partial charge in [0, 0.05) is 25.0 Å². The number of rotatable bonds is 7. The number of hydrogen-bond acceptors (Lipinski definition) is 3. The minimum atomic E-state index is 0.691. The van der Waals surface area contributed by atoms with Crippen LogP contribution >= 0.6 is 11.8 Å². The SMILES string of the molecule is CCCNC(CSC(C)C)C1CCOCC1. The summed E-state index contributed by atoms with van der Waals surface area (Å²) in [6.45, 7) is 9.88. The molecule has 1 unspecified atom stereocenters. The molecule has 1 aliphatic rings. The molecule has 0 spiro atoms. The summed E-state index contributed by atoms with van der Waals surface area (Å²) in [6.07, 6.45) is 3.70. The molecule has 3 heteroatoms. The number of hydrogen-bond donors (Lipinski definition) is 1. The summed E-state index contributed by atoms with van der Waals surface area (Å²) in [6, 6.07) is 0.691. The first-order valence-electron chi connectivity index (χ1n) is 6.66. The zero-order chi connectivity index (χ0) is 11.8. The minimum absolute atomic E-state index is 0.691. The average Bonchev–Trinajstić information content (AvgIpc) is 2.30. The van der Waals surface area contributed by atoms with Crippen LogP contribution in [0.1, 0.15) is 40.0 Å². The van der Waals surface area contributed by atoms with Crippen LogP contribution in [0.15, 0.2) is 0 Å². The quantitative estimate of drug-likeness (QED) is 0.745. The van der Waals surface area contributed by atoms with Gasteiger partial charge in [-0.05, 0) is 37.0 Å². The van der Waals surface area contributed by atoms with Gasteiger partial charge in [0.05, 0.1) is 0 Å². The van der Waals surface area contributed by atoms with Gasteiger partial charge in [-0.1, -0.05) is 20.8 Å². The van der Waals surface area contributed by atoms with Crippen molar-refractivity contribution in [1.29, 1.82) is 0 Å². The molecule has 96 valence electrons. The van der Waals surface area contributed by atoms with E-state index in [-0.39, 0.29) is 0 Å². The molecular formula is C13H27NOS. The van der Waals surface area contributed by atoms with Crippen LogP contribution in [0.25, 0.3) is 0 Å². The highest BCUT2D eigenvalue weighted by molar-refractivity contribution is 7.99. The van der Waals surface area contributed by atoms with Crippen LogP contribution in [0.5, 0.6) is 0 Å². The van der Waals surface area contributed by atoms with E-state index in [0.29, 0.717) is 6.04 Å². The van der Waals surface area contributed by atoms with Crippen molar-refractivity contribution >= 4 is 11.8 Å². The van der Waals surface area contributed by atoms with Gasteiger partial charge in [0.15, 0.2) is 0 Å². The highest BCUT2D eigenvalue weighted by Crippen LogP contribution is 2.23. The van der Waals surface area contributed by atoms with Crippen molar-refractivity contribution in [3.05, 3.63) is 0 Å². The van der Waals surface area contributed by atoms with Gasteiger partial charge < -0.3 is 10.1 Å². The highest BCUT2D eigenvalue weighted by Gasteiger charge is 2.23. The highest BCUT2D eigenvalue weighted by atomic mass is 32.2. The summed E-state index contributed by atoms with van der Waals surface area (Å²) >= 11 is 2.08. The van der Waals surface area contributed by atoms with Crippen LogP contribution in [-0.4, -0.2) is 36.8 Å². The Morgan fingerprint density at radius 1 is 1.31 bits per heavy atom. The summed E-state index contributed by atoms with van der Waals surface area (Å²) in [5.41, 5.74) is 0. The molecular weight excluding hydrogens is 218 g/mol. The number of ether oxygens (including phenoxy) is 1. The maximum atomic E-state index is 5.45. The van der Waals surface area contributed by atoms with Crippen LogP contribution in [0, 0.1) is 5.92 Å². The van der Waals surface area contributed by atoms with Gasteiger partial charge in [0.1, 0.15) is 0 Å². The van der Waals surface area contributed by atoms with Crippen LogP contribution in [0.3, 0.4) is 0 Å². The Morgan fingerprint density at radius 2 is 2.00 bits per heavy atom. The Balaban J connectivity index is 2.34. The van der Waals surface area contributed by atoms with Gasteiger partial charge in [0.2, 0.25) is 0 Å². The molecule has 1 aliphatic heterocycles. The molecule has 0 bridgehead atoms. The van der Waals surface area contributed by atoms with Gasteiger partial charge in [0.25, 0.3) is 0 Å². The summed E-state index contributed by atoms with van der Waals surface area (Å²) in [5, 5.41) is 4.46. The van der Waals surface area contributed by atoms with Crippen molar-refractivity contribution in [2.75, 3.05) is 25.5 Å². The largest absolute Gasteiger partial charge is 0.381 e. The molecule has 0 amide bonds. The normalized spacial score (nSPS) is 20.2. The molecule has 0 aliphatic carbocycles. The monoisotopic (exact) mass is 245 g/mol. The Morgan fingerprint density at radius 3 is 2.56 bits per heavy atom. The second kappa shape index (κ2) is 8.37. The van der Waals surface area contributed by atoms with E-state index >= 15 is 0 Å². The van der Waals surface area contributed by atoms with Crippen molar-refractivity contribution in [2.45, 2.75) is 51.3 Å². The second-order valence-electron chi connectivity index (χ2n) is 4.89. The molecule has 0 saturated carbocycles. The lowest BCUT2D eigenvalue weighted by Crippen LogP contribution is -2.41. The van der Waals surface area contributed by atoms with E-state index in [1.165, 1.54) is 25.0 Å². The molecule has 16 heavy (non-hydrogen) atoms. The molecule has 0 aromatic heterocycles. The standard InChI is InChI=1S/C13H27NOS/c1-4-7-14-13(10-16-11(2)3)12-5-8-15-9-6-12/h11-14H,4-10H2,1-3H3. The Labute approximate surface area is 105 Å². The summed E-state index contributed by atoms with van der Waals surface area (Å²) in [4.78, 5) is 0. The van der Waals surface area contributed by atoms with Gasteiger partial charge in [-0.25, -0.2) is 0 Å². The van der Waals surface area contributed by atoms with Crippen molar-refractivity contribution in [1.82, 2.24) is 5.32 Å². The summed E-state index contributed by atoms with van der Waals surface area (Å²) in [5.74, 6) is 2.08. The number of nitrogens with one attached hydrogen (secondary N) is 1. The van der Waals surface area contributed by atoms with Crippen LogP contribution < -0.4 is 5.32 Å². The van der Waals surface area contributed by atoms with Gasteiger partial charge in [-0.2, -0.15) is 11.8 Å². The molecule has 0 aromatic carbocycles. The smallest absolute Gasteiger partial charge is 0.0469 e. The van der Waals surface area contributed by atoms with Gasteiger partial charge in [-0.15, -0.1) is 0 Å². The molecule has 0 aromatic rings. The van der Waals surface area contributed by atoms with E-state index in [0.717, 1.165) is 30.9 Å². The molecule has 1 heterocycles. The van der Waals surface area contributed by atoms with Crippen molar-refractivity contribution in [3.8, 4) is 0 Å². The van der Waals surface area contributed by atoms with Crippen LogP contribution in [0.2, 0.25) is 0 Å². The fourth-order valence-electron chi connectivity index (χ4n) is 2.11. The maximum absolute atomic E-state index is 5.45. The molecule has 1 saturated heterocycles. The first-order chi connectivity index (χ1) is 7.74. The lowest BCUT2D eigenvalue weighted by atomic mass is 9.93. The predicted molar refractivity (Wildman–Crippen MR) is 73.2 cm³/mol. The third-order valence-electron chi connectivity index (χ3n) is 3.10. The summed E-state index contributed by atoms with van der Waals surface area (Å²) < 4.78 is 5.45. The third kappa shape index (κ3) is 5.55. The first kappa shape index (κ1) is 14.3. The second-order valence-corrected chi connectivity index (χ2v) is 6.50. The lowest BCUT2D eigenvalue weighted by Gasteiger charge is -2.31. The summed E-state index contributed by atoms with van der Waals surface area (Å²) in [7, 11) is 0. The minimum Gasteiger partial charge on any atom is -0.381 e. The lowest BCUT2D eigenvalue weighted by molar-refractivity contribution is 0.0566. The van der Waals surface area contributed by atoms with E-state index < -0.39 is 0 Å². The molecule has 1 N–H and O–H groups in total. The fraction of sp³-hybridized carbons (Fsp3) is 1.00. The van der Waals surface area contributed by atoms with E-state index in [1.807, 2.05) is 0 Å². The van der Waals surface area contributed by atoms with E-state index in [4.69, 9.17) is 4.74 Å². The van der Waals surface area contributed by atoms with Crippen molar-refractivity contribution < 1.29 is 4.74 Å². The van der Waals surface area contributed by atoms with Gasteiger partial charge >= 0.3 is 0 Å². The fourth-order valence-corrected chi connectivity index (χ4v) is 3.09. The Hall–Kier alpha value is 0.270. The molecule has 1 atom stereocenters. The molecule has 0 radical (unpaired) electrons. The van der Waals surface area contributed by atoms with E-state index in [2.05, 4.69) is 37.8 Å². The zero-order valence-electron chi connectivity index (χ0n) is 11.0. The third-order valence-corrected chi connectivity index (χ3v) is 4.32. The van der Waals surface area contributed by atoms with E-state index in [9.17, 15) is 0 Å². The Kier molecular flexibility index (Phi) is 7.50. The van der Waals surface area contributed by atoms with E-state index in [1.54, 1.807) is 0 Å². The molecule has 1 fully saturated rings. The molecule has 2 nitrogen and oxygen atoms in total. The average molecular weight is 245 g/mol. The van der Waals surface area contributed by atoms with Crippen molar-refractivity contribution in [3.63, 3.8) is 0 Å². The molecule has 1 rings (SSSR count). The van der Waals surface area contributed by atoms with Crippen LogP contribution in [0.4, 0.5) is 0 Å². The number of thioether (sulfide) groups is 1. The maximum Gasteiger partial charge on any atom is 0.0469 e. The van der Waals surface area contributed by atoms with Gasteiger partial charge in [-0.3, -0.25) is 0 Å². The topological polar surface area (TPSA) is 21.3 Å². The Bertz CT molecular complexity index is 169. The van der Waals surface area contributed by atoms with Crippen LogP contribution in [-0.2, 0) is 4.74 Å². The first-order valence-corrected chi connectivity index (χ1v) is 7.71. The predicted octanol–water partition coefficient (Wildman–Crippen LogP) is 2.92.